The van der Waals surface area contributed by atoms with Crippen molar-refractivity contribution in [2.75, 3.05) is 0 Å². The van der Waals surface area contributed by atoms with Gasteiger partial charge >= 0.3 is 5.97 Å². The number of Topliss-reactive ketones (excluding diaryl/α,β-unsaturated/α-hetero) is 1. The molecule has 4 heteroatoms. The van der Waals surface area contributed by atoms with Gasteiger partial charge in [-0.3, -0.25) is 9.59 Å². The van der Waals surface area contributed by atoms with E-state index in [-0.39, 0.29) is 12.2 Å². The fraction of sp³-hybridized carbons (Fsp3) is 0.176. The molecule has 0 radical (unpaired) electrons. The molecule has 2 aromatic rings. The summed E-state index contributed by atoms with van der Waals surface area (Å²) in [6.45, 7) is 1.53. The van der Waals surface area contributed by atoms with Crippen LogP contribution in [-0.4, -0.2) is 16.9 Å². The van der Waals surface area contributed by atoms with Crippen molar-refractivity contribution >= 4 is 11.8 Å². The van der Waals surface area contributed by atoms with E-state index in [1.165, 1.54) is 6.92 Å². The summed E-state index contributed by atoms with van der Waals surface area (Å²) in [6, 6.07) is 14.2. The highest BCUT2D eigenvalue weighted by molar-refractivity contribution is 5.95. The van der Waals surface area contributed by atoms with Gasteiger partial charge in [0.2, 0.25) is 0 Å². The summed E-state index contributed by atoms with van der Waals surface area (Å²) in [5.74, 6) is -0.915. The average molecular weight is 283 g/mol. The Bertz CT molecular complexity index is 679. The second-order valence-electron chi connectivity index (χ2n) is 4.97. The number of hydrogen-bond acceptors (Lipinski definition) is 3. The van der Waals surface area contributed by atoms with E-state index in [1.54, 1.807) is 6.07 Å². The molecule has 108 valence electrons. The van der Waals surface area contributed by atoms with Crippen molar-refractivity contribution in [1.29, 1.82) is 0 Å². The van der Waals surface area contributed by atoms with Crippen LogP contribution < -0.4 is 5.73 Å². The van der Waals surface area contributed by atoms with Gasteiger partial charge in [-0.2, -0.15) is 0 Å². The summed E-state index contributed by atoms with van der Waals surface area (Å²) in [5, 5.41) is 8.81. The molecule has 0 aliphatic heterocycles. The van der Waals surface area contributed by atoms with Gasteiger partial charge in [0, 0.05) is 11.6 Å². The zero-order valence-electron chi connectivity index (χ0n) is 11.7. The predicted molar refractivity (Wildman–Crippen MR) is 81.1 cm³/mol. The maximum absolute atomic E-state index is 11.4. The van der Waals surface area contributed by atoms with Crippen molar-refractivity contribution < 1.29 is 14.7 Å². The van der Waals surface area contributed by atoms with E-state index in [2.05, 4.69) is 0 Å². The van der Waals surface area contributed by atoms with Crippen LogP contribution in [0.4, 0.5) is 0 Å². The third-order valence-electron chi connectivity index (χ3n) is 3.31. The van der Waals surface area contributed by atoms with Crippen molar-refractivity contribution in [2.45, 2.75) is 19.4 Å². The van der Waals surface area contributed by atoms with Crippen molar-refractivity contribution in [1.82, 2.24) is 0 Å². The van der Waals surface area contributed by atoms with Gasteiger partial charge in [-0.1, -0.05) is 36.4 Å². The Morgan fingerprint density at radius 2 is 1.71 bits per heavy atom. The highest BCUT2D eigenvalue weighted by Gasteiger charge is 2.11. The smallest absolute Gasteiger partial charge is 0.305 e. The van der Waals surface area contributed by atoms with Crippen molar-refractivity contribution in [2.24, 2.45) is 5.73 Å². The molecule has 1 atom stereocenters. The fourth-order valence-corrected chi connectivity index (χ4v) is 2.17. The zero-order valence-corrected chi connectivity index (χ0v) is 11.7. The van der Waals surface area contributed by atoms with E-state index in [0.29, 0.717) is 5.56 Å². The molecule has 21 heavy (non-hydrogen) atoms. The van der Waals surface area contributed by atoms with Crippen LogP contribution in [0.2, 0.25) is 0 Å². The molecule has 0 bridgehead atoms. The first-order chi connectivity index (χ1) is 9.97. The number of nitrogens with two attached hydrogens (primary N) is 1. The Balaban J connectivity index is 2.35. The number of carbonyl (C=O) groups is 2. The van der Waals surface area contributed by atoms with E-state index in [1.807, 2.05) is 42.5 Å². The quantitative estimate of drug-likeness (QED) is 0.826. The lowest BCUT2D eigenvalue weighted by atomic mass is 9.97. The van der Waals surface area contributed by atoms with Crippen LogP contribution in [0, 0.1) is 0 Å². The normalized spacial score (nSPS) is 11.9. The Hall–Kier alpha value is -2.46. The highest BCUT2D eigenvalue weighted by Crippen LogP contribution is 2.24. The number of ketones is 1. The molecule has 0 saturated heterocycles. The minimum Gasteiger partial charge on any atom is -0.481 e. The summed E-state index contributed by atoms with van der Waals surface area (Å²) in [5.41, 5.74) is 9.12. The molecule has 0 aliphatic rings. The van der Waals surface area contributed by atoms with Gasteiger partial charge in [-0.25, -0.2) is 0 Å². The number of carboxylic acid groups (broad SMARTS) is 1. The van der Waals surface area contributed by atoms with E-state index >= 15 is 0 Å². The number of rotatable bonds is 5. The SMILES string of the molecule is CC(=O)c1cccc(-c2cccc(C(N)CC(=O)O)c2)c1. The summed E-state index contributed by atoms with van der Waals surface area (Å²) >= 11 is 0. The summed E-state index contributed by atoms with van der Waals surface area (Å²) in [7, 11) is 0. The molecule has 4 nitrogen and oxygen atoms in total. The lowest BCUT2D eigenvalue weighted by Gasteiger charge is -2.11. The lowest BCUT2D eigenvalue weighted by Crippen LogP contribution is -2.14. The standard InChI is InChI=1S/C17H17NO3/c1-11(19)12-4-2-5-13(8-12)14-6-3-7-15(9-14)16(18)10-17(20)21/h2-9,16H,10,18H2,1H3,(H,20,21). The second kappa shape index (κ2) is 6.33. The van der Waals surface area contributed by atoms with Gasteiger partial charge in [-0.05, 0) is 35.7 Å². The topological polar surface area (TPSA) is 80.4 Å². The predicted octanol–water partition coefficient (Wildman–Crippen LogP) is 3.03. The van der Waals surface area contributed by atoms with Crippen molar-refractivity contribution in [3.63, 3.8) is 0 Å². The van der Waals surface area contributed by atoms with E-state index < -0.39 is 12.0 Å². The molecule has 3 N–H and O–H groups in total. The molecular weight excluding hydrogens is 266 g/mol. The Labute approximate surface area is 123 Å². The maximum atomic E-state index is 11.4. The number of benzene rings is 2. The summed E-state index contributed by atoms with van der Waals surface area (Å²) in [6.07, 6.45) is -0.114. The second-order valence-corrected chi connectivity index (χ2v) is 4.97. The number of carboxylic acids is 1. The van der Waals surface area contributed by atoms with Gasteiger partial charge < -0.3 is 10.8 Å². The molecule has 1 unspecified atom stereocenters. The van der Waals surface area contributed by atoms with Crippen LogP contribution in [0.3, 0.4) is 0 Å². The Kier molecular flexibility index (Phi) is 4.50. The Morgan fingerprint density at radius 1 is 1.10 bits per heavy atom. The number of carbonyl (C=O) groups excluding carboxylic acids is 1. The highest BCUT2D eigenvalue weighted by atomic mass is 16.4. The number of hydrogen-bond donors (Lipinski definition) is 2. The first-order valence-electron chi connectivity index (χ1n) is 6.66. The maximum Gasteiger partial charge on any atom is 0.305 e. The fourth-order valence-electron chi connectivity index (χ4n) is 2.17. The van der Waals surface area contributed by atoms with Gasteiger partial charge in [-0.15, -0.1) is 0 Å². The molecule has 2 rings (SSSR count). The molecule has 0 fully saturated rings. The first kappa shape index (κ1) is 14.9. The molecule has 0 heterocycles. The monoisotopic (exact) mass is 283 g/mol. The molecule has 0 aromatic heterocycles. The van der Waals surface area contributed by atoms with Gasteiger partial charge in [0.1, 0.15) is 0 Å². The van der Waals surface area contributed by atoms with Gasteiger partial charge in [0.05, 0.1) is 6.42 Å². The van der Waals surface area contributed by atoms with Gasteiger partial charge in [0.15, 0.2) is 5.78 Å². The molecular formula is C17H17NO3. The van der Waals surface area contributed by atoms with E-state index in [4.69, 9.17) is 10.8 Å². The van der Waals surface area contributed by atoms with Crippen LogP contribution in [-0.2, 0) is 4.79 Å². The summed E-state index contributed by atoms with van der Waals surface area (Å²) in [4.78, 5) is 22.2. The van der Waals surface area contributed by atoms with Crippen LogP contribution in [0.25, 0.3) is 11.1 Å². The number of aliphatic carboxylic acids is 1. The minimum absolute atomic E-state index is 0.00980. The molecule has 0 aliphatic carbocycles. The van der Waals surface area contributed by atoms with Crippen LogP contribution in [0.5, 0.6) is 0 Å². The lowest BCUT2D eigenvalue weighted by molar-refractivity contribution is -0.137. The molecule has 0 spiro atoms. The van der Waals surface area contributed by atoms with Crippen LogP contribution >= 0.6 is 0 Å². The van der Waals surface area contributed by atoms with Gasteiger partial charge in [0.25, 0.3) is 0 Å². The van der Waals surface area contributed by atoms with E-state index in [0.717, 1.165) is 16.7 Å². The molecule has 0 saturated carbocycles. The zero-order chi connectivity index (χ0) is 15.4. The van der Waals surface area contributed by atoms with E-state index in [9.17, 15) is 9.59 Å². The Morgan fingerprint density at radius 3 is 2.33 bits per heavy atom. The van der Waals surface area contributed by atoms with Crippen LogP contribution in [0.1, 0.15) is 35.3 Å². The van der Waals surface area contributed by atoms with Crippen molar-refractivity contribution in [3.05, 3.63) is 59.7 Å². The largest absolute Gasteiger partial charge is 0.481 e. The summed E-state index contributed by atoms with van der Waals surface area (Å²) < 4.78 is 0. The minimum atomic E-state index is -0.925. The molecule has 0 amide bonds. The third-order valence-corrected chi connectivity index (χ3v) is 3.31. The third kappa shape index (κ3) is 3.77. The average Bonchev–Trinajstić information content (AvgIpc) is 2.47. The van der Waals surface area contributed by atoms with Crippen LogP contribution in [0.15, 0.2) is 48.5 Å². The molecule has 2 aromatic carbocycles. The van der Waals surface area contributed by atoms with Crippen molar-refractivity contribution in [3.8, 4) is 11.1 Å². The first-order valence-corrected chi connectivity index (χ1v) is 6.66.